The van der Waals surface area contributed by atoms with Gasteiger partial charge in [-0.2, -0.15) is 0 Å². The molecule has 0 amide bonds. The fourth-order valence-corrected chi connectivity index (χ4v) is 1.81. The Morgan fingerprint density at radius 2 is 1.10 bits per heavy atom. The molecule has 0 aliphatic heterocycles. The maximum Gasteiger partial charge on any atom is 0.0701 e. The number of ether oxygens (including phenoxy) is 5. The van der Waals surface area contributed by atoms with Gasteiger partial charge in [-0.15, -0.1) is 0 Å². The van der Waals surface area contributed by atoms with Gasteiger partial charge in [0.15, 0.2) is 0 Å². The van der Waals surface area contributed by atoms with Crippen LogP contribution in [-0.2, 0) is 23.7 Å². The molecular weight excluding hydrogens is 375 g/mol. The van der Waals surface area contributed by atoms with Crippen molar-refractivity contribution < 1.29 is 23.7 Å². The molecule has 0 spiro atoms. The first kappa shape index (κ1) is 20.5. The van der Waals surface area contributed by atoms with E-state index in [1.807, 2.05) is 0 Å². The number of alkyl halides is 1. The van der Waals surface area contributed by atoms with Gasteiger partial charge in [0.25, 0.3) is 0 Å². The Balaban J connectivity index is 2.92. The third kappa shape index (κ3) is 18.5. The minimum absolute atomic E-state index is 0.595. The predicted molar refractivity (Wildman–Crippen MR) is 87.9 cm³/mol. The summed E-state index contributed by atoms with van der Waals surface area (Å²) in [5, 5.41) is 0. The lowest BCUT2D eigenvalue weighted by Gasteiger charge is -2.07. The van der Waals surface area contributed by atoms with Gasteiger partial charge in [0.2, 0.25) is 0 Å². The standard InChI is InChI=1S/C14H29IO5/c1-14(15)4-3-5-17-8-9-19-12-13-20-11-10-18-7-6-16-2/h14H,3-13H2,1-2H3. The molecule has 0 aromatic carbocycles. The molecule has 0 saturated carbocycles. The van der Waals surface area contributed by atoms with Crippen LogP contribution in [0.3, 0.4) is 0 Å². The van der Waals surface area contributed by atoms with Gasteiger partial charge in [0.05, 0.1) is 52.9 Å². The van der Waals surface area contributed by atoms with E-state index in [9.17, 15) is 0 Å². The second kappa shape index (κ2) is 17.6. The summed E-state index contributed by atoms with van der Waals surface area (Å²) in [6, 6.07) is 0. The third-order valence-corrected chi connectivity index (χ3v) is 3.06. The summed E-state index contributed by atoms with van der Waals surface area (Å²) >= 11 is 2.43. The molecule has 0 aliphatic carbocycles. The van der Waals surface area contributed by atoms with Crippen LogP contribution in [0.5, 0.6) is 0 Å². The lowest BCUT2D eigenvalue weighted by molar-refractivity contribution is -0.00796. The van der Waals surface area contributed by atoms with E-state index in [0.717, 1.165) is 17.0 Å². The van der Waals surface area contributed by atoms with E-state index >= 15 is 0 Å². The van der Waals surface area contributed by atoms with E-state index in [1.165, 1.54) is 6.42 Å². The highest BCUT2D eigenvalue weighted by atomic mass is 127. The Morgan fingerprint density at radius 3 is 1.50 bits per heavy atom. The van der Waals surface area contributed by atoms with Crippen LogP contribution in [0.2, 0.25) is 0 Å². The van der Waals surface area contributed by atoms with Crippen molar-refractivity contribution in [2.75, 3.05) is 66.6 Å². The van der Waals surface area contributed by atoms with Crippen LogP contribution < -0.4 is 0 Å². The monoisotopic (exact) mass is 404 g/mol. The highest BCUT2D eigenvalue weighted by molar-refractivity contribution is 14.1. The van der Waals surface area contributed by atoms with E-state index < -0.39 is 0 Å². The van der Waals surface area contributed by atoms with Crippen molar-refractivity contribution in [1.82, 2.24) is 0 Å². The van der Waals surface area contributed by atoms with Crippen LogP contribution in [0.1, 0.15) is 19.8 Å². The van der Waals surface area contributed by atoms with Crippen LogP contribution in [0.4, 0.5) is 0 Å². The zero-order valence-electron chi connectivity index (χ0n) is 12.8. The Hall–Kier alpha value is 0.530. The SMILES string of the molecule is COCCOCCOCCOCCOCCCC(C)I. The first-order valence-corrected chi connectivity index (χ1v) is 8.46. The maximum absolute atomic E-state index is 5.47. The fraction of sp³-hybridized carbons (Fsp3) is 1.00. The van der Waals surface area contributed by atoms with Crippen molar-refractivity contribution in [3.8, 4) is 0 Å². The van der Waals surface area contributed by atoms with Gasteiger partial charge < -0.3 is 23.7 Å². The van der Waals surface area contributed by atoms with Gasteiger partial charge >= 0.3 is 0 Å². The topological polar surface area (TPSA) is 46.2 Å². The van der Waals surface area contributed by atoms with Crippen molar-refractivity contribution in [2.24, 2.45) is 0 Å². The summed E-state index contributed by atoms with van der Waals surface area (Å²) in [6.45, 7) is 7.97. The first-order valence-electron chi connectivity index (χ1n) is 7.21. The zero-order chi connectivity index (χ0) is 14.9. The molecular formula is C14H29IO5. The summed E-state index contributed by atoms with van der Waals surface area (Å²) in [5.74, 6) is 0. The number of methoxy groups -OCH3 is 1. The van der Waals surface area contributed by atoms with Crippen LogP contribution in [0, 0.1) is 0 Å². The Bertz CT molecular complexity index is 181. The van der Waals surface area contributed by atoms with Gasteiger partial charge in [0, 0.05) is 17.6 Å². The fourth-order valence-electron chi connectivity index (χ4n) is 1.37. The zero-order valence-corrected chi connectivity index (χ0v) is 14.9. The molecule has 0 heterocycles. The van der Waals surface area contributed by atoms with E-state index in [-0.39, 0.29) is 0 Å². The van der Waals surface area contributed by atoms with Gasteiger partial charge in [-0.3, -0.25) is 0 Å². The van der Waals surface area contributed by atoms with Gasteiger partial charge in [-0.1, -0.05) is 29.5 Å². The summed E-state index contributed by atoms with van der Waals surface area (Å²) in [7, 11) is 1.66. The predicted octanol–water partition coefficient (Wildman–Crippen LogP) is 2.30. The van der Waals surface area contributed by atoms with E-state index in [4.69, 9.17) is 23.7 Å². The van der Waals surface area contributed by atoms with Crippen molar-refractivity contribution >= 4 is 22.6 Å². The number of hydrogen-bond acceptors (Lipinski definition) is 5. The van der Waals surface area contributed by atoms with Crippen molar-refractivity contribution in [3.63, 3.8) is 0 Å². The average molecular weight is 404 g/mol. The van der Waals surface area contributed by atoms with Crippen LogP contribution in [0.15, 0.2) is 0 Å². The number of halogens is 1. The highest BCUT2D eigenvalue weighted by Gasteiger charge is 1.96. The molecule has 0 radical (unpaired) electrons. The number of rotatable bonds is 16. The summed E-state index contributed by atoms with van der Waals surface area (Å²) in [4.78, 5) is 0. The van der Waals surface area contributed by atoms with Crippen molar-refractivity contribution in [1.29, 1.82) is 0 Å². The molecule has 0 aliphatic rings. The van der Waals surface area contributed by atoms with Gasteiger partial charge in [-0.25, -0.2) is 0 Å². The lowest BCUT2D eigenvalue weighted by Crippen LogP contribution is -2.13. The number of hydrogen-bond donors (Lipinski definition) is 0. The molecule has 0 aromatic heterocycles. The molecule has 0 rings (SSSR count). The lowest BCUT2D eigenvalue weighted by atomic mass is 10.3. The van der Waals surface area contributed by atoms with Crippen molar-refractivity contribution in [2.45, 2.75) is 23.7 Å². The van der Waals surface area contributed by atoms with Crippen molar-refractivity contribution in [3.05, 3.63) is 0 Å². The molecule has 122 valence electrons. The molecule has 1 atom stereocenters. The summed E-state index contributed by atoms with van der Waals surface area (Å²) < 4.78 is 27.1. The first-order chi connectivity index (χ1) is 9.77. The second-order valence-electron chi connectivity index (χ2n) is 4.37. The minimum atomic E-state index is 0.595. The third-order valence-electron chi connectivity index (χ3n) is 2.44. The van der Waals surface area contributed by atoms with Crippen LogP contribution in [-0.4, -0.2) is 70.5 Å². The van der Waals surface area contributed by atoms with Crippen LogP contribution >= 0.6 is 22.6 Å². The maximum atomic E-state index is 5.47. The Morgan fingerprint density at radius 1 is 0.700 bits per heavy atom. The minimum Gasteiger partial charge on any atom is -0.382 e. The quantitative estimate of drug-likeness (QED) is 0.225. The molecule has 20 heavy (non-hydrogen) atoms. The highest BCUT2D eigenvalue weighted by Crippen LogP contribution is 2.06. The van der Waals surface area contributed by atoms with E-state index in [1.54, 1.807) is 7.11 Å². The Labute approximate surface area is 136 Å². The van der Waals surface area contributed by atoms with E-state index in [2.05, 4.69) is 29.5 Å². The molecule has 0 saturated heterocycles. The molecule has 5 nitrogen and oxygen atoms in total. The molecule has 1 unspecified atom stereocenters. The molecule has 0 bridgehead atoms. The normalized spacial score (nSPS) is 12.8. The molecule has 6 heteroatoms. The summed E-state index contributed by atoms with van der Waals surface area (Å²) in [6.07, 6.45) is 2.33. The average Bonchev–Trinajstić information content (AvgIpc) is 2.43. The molecule has 0 N–H and O–H groups in total. The van der Waals surface area contributed by atoms with Gasteiger partial charge in [-0.05, 0) is 12.8 Å². The van der Waals surface area contributed by atoms with Gasteiger partial charge in [0.1, 0.15) is 0 Å². The van der Waals surface area contributed by atoms with Crippen LogP contribution in [0.25, 0.3) is 0 Å². The molecule has 0 aromatic rings. The van der Waals surface area contributed by atoms with E-state index in [0.29, 0.717) is 52.9 Å². The second-order valence-corrected chi connectivity index (χ2v) is 6.49. The molecule has 0 fully saturated rings. The smallest absolute Gasteiger partial charge is 0.0701 e. The Kier molecular flexibility index (Phi) is 18.0. The summed E-state index contributed by atoms with van der Waals surface area (Å²) in [5.41, 5.74) is 0. The largest absolute Gasteiger partial charge is 0.382 e.